The lowest BCUT2D eigenvalue weighted by molar-refractivity contribution is 0.194. The molecule has 0 saturated heterocycles. The Hall–Kier alpha value is -2.80. The second-order valence-electron chi connectivity index (χ2n) is 4.83. The number of hydrogen-bond donors (Lipinski definition) is 0. The molecule has 0 aliphatic carbocycles. The molecule has 0 spiro atoms. The SMILES string of the molecule is COc1c(OC)c(OC)c(N(OC)c2ccccc2)c(OC)c1OC. The molecule has 0 aromatic heterocycles. The largest absolute Gasteiger partial charge is 0.491 e. The smallest absolute Gasteiger partial charge is 0.211 e. The van der Waals surface area contributed by atoms with Gasteiger partial charge in [0.2, 0.25) is 17.2 Å². The molecule has 0 radical (unpaired) electrons. The van der Waals surface area contributed by atoms with Crippen LogP contribution in [0.2, 0.25) is 0 Å². The Bertz CT molecular complexity index is 671. The van der Waals surface area contributed by atoms with Crippen molar-refractivity contribution in [1.82, 2.24) is 0 Å². The number of ether oxygens (including phenoxy) is 5. The summed E-state index contributed by atoms with van der Waals surface area (Å²) in [4.78, 5) is 5.60. The third-order valence-electron chi connectivity index (χ3n) is 3.65. The van der Waals surface area contributed by atoms with Crippen LogP contribution in [0.5, 0.6) is 28.7 Å². The van der Waals surface area contributed by atoms with E-state index in [-0.39, 0.29) is 0 Å². The average Bonchev–Trinajstić information content (AvgIpc) is 2.67. The van der Waals surface area contributed by atoms with Crippen LogP contribution in [0.1, 0.15) is 0 Å². The Labute approximate surface area is 147 Å². The van der Waals surface area contributed by atoms with Crippen molar-refractivity contribution < 1.29 is 28.5 Å². The summed E-state index contributed by atoms with van der Waals surface area (Å²) in [5.74, 6) is 1.89. The van der Waals surface area contributed by atoms with Gasteiger partial charge in [0.15, 0.2) is 17.2 Å². The lowest BCUT2D eigenvalue weighted by atomic mass is 10.1. The Balaban J connectivity index is 2.86. The van der Waals surface area contributed by atoms with Crippen LogP contribution in [-0.4, -0.2) is 42.7 Å². The number of benzene rings is 2. The summed E-state index contributed by atoms with van der Waals surface area (Å²) in [7, 11) is 9.18. The van der Waals surface area contributed by atoms with E-state index in [2.05, 4.69) is 0 Å². The Morgan fingerprint density at radius 3 is 1.32 bits per heavy atom. The predicted octanol–water partition coefficient (Wildman–Crippen LogP) is 3.43. The first kappa shape index (κ1) is 18.5. The fourth-order valence-electron chi connectivity index (χ4n) is 2.64. The number of para-hydroxylation sites is 1. The summed E-state index contributed by atoms with van der Waals surface area (Å²) in [5.41, 5.74) is 1.27. The van der Waals surface area contributed by atoms with Crippen LogP contribution >= 0.6 is 0 Å². The summed E-state index contributed by atoms with van der Waals surface area (Å²) in [6.07, 6.45) is 0. The molecule has 7 heteroatoms. The van der Waals surface area contributed by atoms with Gasteiger partial charge < -0.3 is 23.7 Å². The molecule has 0 bridgehead atoms. The highest BCUT2D eigenvalue weighted by Gasteiger charge is 2.32. The van der Waals surface area contributed by atoms with Crippen LogP contribution < -0.4 is 28.7 Å². The summed E-state index contributed by atoms with van der Waals surface area (Å²) in [6, 6.07) is 9.51. The number of hydrogen-bond acceptors (Lipinski definition) is 7. The molecule has 0 heterocycles. The van der Waals surface area contributed by atoms with Crippen molar-refractivity contribution in [2.45, 2.75) is 0 Å². The van der Waals surface area contributed by atoms with Crippen LogP contribution in [0.15, 0.2) is 30.3 Å². The van der Waals surface area contributed by atoms with Gasteiger partial charge in [-0.05, 0) is 12.1 Å². The van der Waals surface area contributed by atoms with Crippen molar-refractivity contribution in [2.75, 3.05) is 47.7 Å². The van der Waals surface area contributed by atoms with Gasteiger partial charge in [-0.3, -0.25) is 4.84 Å². The average molecular weight is 349 g/mol. The van der Waals surface area contributed by atoms with E-state index >= 15 is 0 Å². The van der Waals surface area contributed by atoms with E-state index in [4.69, 9.17) is 28.5 Å². The van der Waals surface area contributed by atoms with E-state index in [1.807, 2.05) is 30.3 Å². The van der Waals surface area contributed by atoms with Gasteiger partial charge in [0.1, 0.15) is 0 Å². The van der Waals surface area contributed by atoms with Gasteiger partial charge in [0, 0.05) is 0 Å². The molecule has 0 N–H and O–H groups in total. The van der Waals surface area contributed by atoms with E-state index in [0.717, 1.165) is 5.69 Å². The van der Waals surface area contributed by atoms with Crippen LogP contribution in [0.3, 0.4) is 0 Å². The Kier molecular flexibility index (Phi) is 6.19. The van der Waals surface area contributed by atoms with E-state index in [9.17, 15) is 0 Å². The molecular formula is C18H23NO6. The molecule has 2 aromatic carbocycles. The van der Waals surface area contributed by atoms with Crippen LogP contribution in [0.25, 0.3) is 0 Å². The third kappa shape index (κ3) is 3.23. The minimum Gasteiger partial charge on any atom is -0.491 e. The molecule has 0 aliphatic heterocycles. The van der Waals surface area contributed by atoms with Crippen LogP contribution in [-0.2, 0) is 4.84 Å². The van der Waals surface area contributed by atoms with Crippen molar-refractivity contribution in [3.05, 3.63) is 30.3 Å². The van der Waals surface area contributed by atoms with Crippen molar-refractivity contribution in [3.63, 3.8) is 0 Å². The fraction of sp³-hybridized carbons (Fsp3) is 0.333. The maximum Gasteiger partial charge on any atom is 0.211 e. The first-order valence-corrected chi connectivity index (χ1v) is 7.51. The zero-order valence-corrected chi connectivity index (χ0v) is 15.3. The molecule has 136 valence electrons. The summed E-state index contributed by atoms with van der Waals surface area (Å²) >= 11 is 0. The van der Waals surface area contributed by atoms with Crippen LogP contribution in [0.4, 0.5) is 11.4 Å². The van der Waals surface area contributed by atoms with Gasteiger partial charge in [-0.2, -0.15) is 0 Å². The molecule has 7 nitrogen and oxygen atoms in total. The standard InChI is InChI=1S/C18H23NO6/c1-20-14-13(19(25-6)12-10-8-7-9-11-12)15(21-2)17(23-4)18(24-5)16(14)22-3/h7-11H,1-6H3. The summed E-state index contributed by atoms with van der Waals surface area (Å²) in [6.45, 7) is 0. The van der Waals surface area contributed by atoms with Gasteiger partial charge in [-0.1, -0.05) is 18.2 Å². The Morgan fingerprint density at radius 2 is 0.960 bits per heavy atom. The summed E-state index contributed by atoms with van der Waals surface area (Å²) < 4.78 is 27.6. The van der Waals surface area contributed by atoms with E-state index in [1.165, 1.54) is 35.5 Å². The topological polar surface area (TPSA) is 58.6 Å². The van der Waals surface area contributed by atoms with Gasteiger partial charge in [0.25, 0.3) is 0 Å². The second kappa shape index (κ2) is 8.34. The monoisotopic (exact) mass is 349 g/mol. The lowest BCUT2D eigenvalue weighted by Gasteiger charge is -2.28. The fourth-order valence-corrected chi connectivity index (χ4v) is 2.64. The first-order valence-electron chi connectivity index (χ1n) is 7.51. The van der Waals surface area contributed by atoms with Gasteiger partial charge in [-0.25, -0.2) is 5.06 Å². The quantitative estimate of drug-likeness (QED) is 0.677. The van der Waals surface area contributed by atoms with Crippen molar-refractivity contribution >= 4 is 11.4 Å². The van der Waals surface area contributed by atoms with Crippen molar-refractivity contribution in [1.29, 1.82) is 0 Å². The van der Waals surface area contributed by atoms with E-state index < -0.39 is 0 Å². The molecule has 25 heavy (non-hydrogen) atoms. The molecule has 0 atom stereocenters. The number of anilines is 2. The molecule has 0 fully saturated rings. The molecule has 2 rings (SSSR count). The highest BCUT2D eigenvalue weighted by atomic mass is 16.7. The molecular weight excluding hydrogens is 326 g/mol. The zero-order chi connectivity index (χ0) is 18.4. The first-order chi connectivity index (χ1) is 12.2. The maximum absolute atomic E-state index is 5.60. The number of rotatable bonds is 8. The number of methoxy groups -OCH3 is 5. The molecule has 0 saturated carbocycles. The van der Waals surface area contributed by atoms with Gasteiger partial charge in [-0.15, -0.1) is 0 Å². The number of nitrogens with zero attached hydrogens (tertiary/aromatic N) is 1. The lowest BCUT2D eigenvalue weighted by Crippen LogP contribution is -2.18. The summed E-state index contributed by atoms with van der Waals surface area (Å²) in [5, 5.41) is 1.57. The molecule has 0 aliphatic rings. The molecule has 2 aromatic rings. The predicted molar refractivity (Wildman–Crippen MR) is 94.8 cm³/mol. The second-order valence-corrected chi connectivity index (χ2v) is 4.83. The normalized spacial score (nSPS) is 10.2. The molecule has 0 unspecified atom stereocenters. The van der Waals surface area contributed by atoms with E-state index in [0.29, 0.717) is 34.4 Å². The third-order valence-corrected chi connectivity index (χ3v) is 3.65. The van der Waals surface area contributed by atoms with Gasteiger partial charge in [0.05, 0.1) is 48.3 Å². The maximum atomic E-state index is 5.60. The van der Waals surface area contributed by atoms with E-state index in [1.54, 1.807) is 12.2 Å². The van der Waals surface area contributed by atoms with Crippen molar-refractivity contribution in [3.8, 4) is 28.7 Å². The Morgan fingerprint density at radius 1 is 0.560 bits per heavy atom. The highest BCUT2D eigenvalue weighted by molar-refractivity contribution is 5.84. The minimum atomic E-state index is 0.367. The zero-order valence-electron chi connectivity index (χ0n) is 15.3. The minimum absolute atomic E-state index is 0.367. The van der Waals surface area contributed by atoms with Gasteiger partial charge >= 0.3 is 0 Å². The van der Waals surface area contributed by atoms with Crippen LogP contribution in [0, 0.1) is 0 Å². The van der Waals surface area contributed by atoms with Crippen molar-refractivity contribution in [2.24, 2.45) is 0 Å². The highest BCUT2D eigenvalue weighted by Crippen LogP contribution is 2.58. The molecule has 0 amide bonds.